The molecule has 26 heavy (non-hydrogen) atoms. The Bertz CT molecular complexity index is 871. The maximum atomic E-state index is 12.8. The summed E-state index contributed by atoms with van der Waals surface area (Å²) in [5.74, 6) is 1.43. The predicted octanol–water partition coefficient (Wildman–Crippen LogP) is 1.02. The van der Waals surface area contributed by atoms with Gasteiger partial charge < -0.3 is 19.5 Å². The van der Waals surface area contributed by atoms with E-state index >= 15 is 0 Å². The lowest BCUT2D eigenvalue weighted by atomic mass is 10.2. The molecule has 2 heterocycles. The Kier molecular flexibility index (Phi) is 5.41. The molecular formula is C18H23N3O5. The predicted molar refractivity (Wildman–Crippen MR) is 95.8 cm³/mol. The minimum atomic E-state index is -0.376. The number of rotatable bonds is 6. The Balaban J connectivity index is 1.81. The summed E-state index contributed by atoms with van der Waals surface area (Å²) < 4.78 is 17.4. The molecule has 1 N–H and O–H groups in total. The van der Waals surface area contributed by atoms with Gasteiger partial charge in [0.2, 0.25) is 5.91 Å². The highest BCUT2D eigenvalue weighted by Crippen LogP contribution is 2.30. The van der Waals surface area contributed by atoms with E-state index < -0.39 is 0 Å². The van der Waals surface area contributed by atoms with Crippen LogP contribution >= 0.6 is 0 Å². The molecule has 1 fully saturated rings. The van der Waals surface area contributed by atoms with E-state index in [0.717, 1.165) is 12.8 Å². The van der Waals surface area contributed by atoms with Crippen LogP contribution < -0.4 is 20.3 Å². The summed E-state index contributed by atoms with van der Waals surface area (Å²) in [5, 5.41) is 3.26. The van der Waals surface area contributed by atoms with Gasteiger partial charge in [-0.15, -0.1) is 0 Å². The highest BCUT2D eigenvalue weighted by atomic mass is 16.5. The molecule has 2 aromatic rings. The van der Waals surface area contributed by atoms with Gasteiger partial charge in [-0.2, -0.15) is 0 Å². The van der Waals surface area contributed by atoms with Crippen LogP contribution in [0.25, 0.3) is 10.9 Å². The lowest BCUT2D eigenvalue weighted by Gasteiger charge is -2.14. The van der Waals surface area contributed by atoms with Gasteiger partial charge in [0.25, 0.3) is 5.56 Å². The number of carbonyl (C=O) groups excluding carboxylic acids is 1. The van der Waals surface area contributed by atoms with Crippen molar-refractivity contribution < 1.29 is 19.0 Å². The summed E-state index contributed by atoms with van der Waals surface area (Å²) in [4.78, 5) is 29.3. The number of ether oxygens (including phenoxy) is 3. The number of amides is 1. The van der Waals surface area contributed by atoms with Crippen molar-refractivity contribution in [3.63, 3.8) is 0 Å². The molecule has 0 unspecified atom stereocenters. The molecule has 1 aromatic carbocycles. The Morgan fingerprint density at radius 1 is 1.35 bits per heavy atom. The molecule has 1 atom stereocenters. The second kappa shape index (κ2) is 7.74. The van der Waals surface area contributed by atoms with Gasteiger partial charge in [0.05, 0.1) is 25.1 Å². The van der Waals surface area contributed by atoms with Gasteiger partial charge in [-0.25, -0.2) is 4.98 Å². The van der Waals surface area contributed by atoms with E-state index in [1.165, 1.54) is 14.2 Å². The summed E-state index contributed by atoms with van der Waals surface area (Å²) in [7, 11) is 3.05. The number of nitrogens with zero attached hydrogens (tertiary/aromatic N) is 2. The first-order chi connectivity index (χ1) is 12.5. The second-order valence-corrected chi connectivity index (χ2v) is 6.13. The van der Waals surface area contributed by atoms with Crippen LogP contribution in [0.3, 0.4) is 0 Å². The van der Waals surface area contributed by atoms with Gasteiger partial charge in [-0.3, -0.25) is 14.2 Å². The van der Waals surface area contributed by atoms with E-state index in [9.17, 15) is 9.59 Å². The normalized spacial score (nSPS) is 16.7. The molecule has 1 aromatic heterocycles. The first-order valence-electron chi connectivity index (χ1n) is 8.57. The Labute approximate surface area is 151 Å². The minimum Gasteiger partial charge on any atom is -0.493 e. The van der Waals surface area contributed by atoms with Crippen LogP contribution in [-0.4, -0.2) is 48.9 Å². The molecule has 0 bridgehead atoms. The van der Waals surface area contributed by atoms with Crippen molar-refractivity contribution in [3.05, 3.63) is 28.3 Å². The van der Waals surface area contributed by atoms with E-state index in [0.29, 0.717) is 47.9 Å². The molecular weight excluding hydrogens is 338 g/mol. The van der Waals surface area contributed by atoms with Gasteiger partial charge in [-0.05, 0) is 25.8 Å². The maximum Gasteiger partial charge on any atom is 0.261 e. The van der Waals surface area contributed by atoms with Crippen molar-refractivity contribution in [2.75, 3.05) is 27.4 Å². The van der Waals surface area contributed by atoms with Crippen molar-refractivity contribution in [2.45, 2.75) is 32.4 Å². The molecule has 1 amide bonds. The minimum absolute atomic E-state index is 0.131. The molecule has 0 radical (unpaired) electrons. The first kappa shape index (κ1) is 18.2. The summed E-state index contributed by atoms with van der Waals surface area (Å²) in [6.45, 7) is 3.05. The van der Waals surface area contributed by atoms with Gasteiger partial charge in [0.15, 0.2) is 11.5 Å². The summed E-state index contributed by atoms with van der Waals surface area (Å²) in [6.07, 6.45) is 1.26. The molecule has 8 heteroatoms. The molecule has 140 valence electrons. The zero-order valence-electron chi connectivity index (χ0n) is 15.2. The largest absolute Gasteiger partial charge is 0.493 e. The third-order valence-corrected chi connectivity index (χ3v) is 4.51. The molecule has 0 spiro atoms. The third-order valence-electron chi connectivity index (χ3n) is 4.51. The average Bonchev–Trinajstić information content (AvgIpc) is 3.18. The van der Waals surface area contributed by atoms with E-state index in [1.807, 2.05) is 0 Å². The van der Waals surface area contributed by atoms with Crippen LogP contribution in [0.4, 0.5) is 0 Å². The zero-order chi connectivity index (χ0) is 18.7. The van der Waals surface area contributed by atoms with Crippen molar-refractivity contribution >= 4 is 16.8 Å². The second-order valence-electron chi connectivity index (χ2n) is 6.13. The summed E-state index contributed by atoms with van der Waals surface area (Å²) in [6, 6.07) is 3.32. The first-order valence-corrected chi connectivity index (χ1v) is 8.57. The van der Waals surface area contributed by atoms with Gasteiger partial charge in [0.1, 0.15) is 11.9 Å². The average molecular weight is 361 g/mol. The van der Waals surface area contributed by atoms with Crippen molar-refractivity contribution in [3.8, 4) is 11.5 Å². The van der Waals surface area contributed by atoms with E-state index in [-0.39, 0.29) is 17.6 Å². The monoisotopic (exact) mass is 361 g/mol. The highest BCUT2D eigenvalue weighted by Gasteiger charge is 2.23. The fourth-order valence-corrected chi connectivity index (χ4v) is 3.11. The van der Waals surface area contributed by atoms with Gasteiger partial charge in [-0.1, -0.05) is 0 Å². The van der Waals surface area contributed by atoms with Crippen molar-refractivity contribution in [1.29, 1.82) is 0 Å². The smallest absolute Gasteiger partial charge is 0.261 e. The molecule has 0 aliphatic carbocycles. The number of hydrogen-bond acceptors (Lipinski definition) is 6. The SMILES string of the molecule is COc1cc2nc(C)n(CCNC(=O)[C@@H]3CCCO3)c(=O)c2cc1OC. The highest BCUT2D eigenvalue weighted by molar-refractivity contribution is 5.82. The number of hydrogen-bond donors (Lipinski definition) is 1. The van der Waals surface area contributed by atoms with Gasteiger partial charge in [0, 0.05) is 25.8 Å². The molecule has 1 aliphatic heterocycles. The van der Waals surface area contributed by atoms with Crippen LogP contribution in [0, 0.1) is 6.92 Å². The van der Waals surface area contributed by atoms with Crippen molar-refractivity contribution in [1.82, 2.24) is 14.9 Å². The topological polar surface area (TPSA) is 91.7 Å². The fraction of sp³-hybridized carbons (Fsp3) is 0.500. The van der Waals surface area contributed by atoms with Crippen LogP contribution in [0.2, 0.25) is 0 Å². The lowest BCUT2D eigenvalue weighted by molar-refractivity contribution is -0.130. The standard InChI is InChI=1S/C18H23N3O5/c1-11-20-13-10-16(25-3)15(24-2)9-12(13)18(23)21(11)7-6-19-17(22)14-5-4-8-26-14/h9-10,14H,4-8H2,1-3H3,(H,19,22)/t14-/m0/s1. The van der Waals surface area contributed by atoms with Crippen LogP contribution in [0.15, 0.2) is 16.9 Å². The Morgan fingerprint density at radius 2 is 2.08 bits per heavy atom. The number of nitrogens with one attached hydrogen (secondary N) is 1. The van der Waals surface area contributed by atoms with E-state index in [1.54, 1.807) is 23.6 Å². The Morgan fingerprint density at radius 3 is 2.73 bits per heavy atom. The molecule has 3 rings (SSSR count). The molecule has 0 saturated carbocycles. The summed E-state index contributed by atoms with van der Waals surface area (Å²) >= 11 is 0. The van der Waals surface area contributed by atoms with Crippen LogP contribution in [0.1, 0.15) is 18.7 Å². The number of aromatic nitrogens is 2. The number of fused-ring (bicyclic) bond motifs is 1. The maximum absolute atomic E-state index is 12.8. The molecule has 1 aliphatic rings. The van der Waals surface area contributed by atoms with Gasteiger partial charge >= 0.3 is 0 Å². The van der Waals surface area contributed by atoms with Crippen LogP contribution in [-0.2, 0) is 16.1 Å². The van der Waals surface area contributed by atoms with E-state index in [2.05, 4.69) is 10.3 Å². The quantitative estimate of drug-likeness (QED) is 0.826. The third kappa shape index (κ3) is 3.50. The molecule has 1 saturated heterocycles. The lowest BCUT2D eigenvalue weighted by Crippen LogP contribution is -2.37. The number of methoxy groups -OCH3 is 2. The van der Waals surface area contributed by atoms with E-state index in [4.69, 9.17) is 14.2 Å². The van der Waals surface area contributed by atoms with Crippen molar-refractivity contribution in [2.24, 2.45) is 0 Å². The number of carbonyl (C=O) groups is 1. The number of benzene rings is 1. The molecule has 8 nitrogen and oxygen atoms in total. The summed E-state index contributed by atoms with van der Waals surface area (Å²) in [5.41, 5.74) is 0.365. The Hall–Kier alpha value is -2.61. The zero-order valence-corrected chi connectivity index (χ0v) is 15.2. The number of aryl methyl sites for hydroxylation is 1. The van der Waals surface area contributed by atoms with Crippen LogP contribution in [0.5, 0.6) is 11.5 Å². The fourth-order valence-electron chi connectivity index (χ4n) is 3.11.